The Kier molecular flexibility index (Phi) is 5.74. The molecule has 5 heteroatoms. The second-order valence-corrected chi connectivity index (χ2v) is 11.1. The van der Waals surface area contributed by atoms with Crippen LogP contribution in [0.5, 0.6) is 0 Å². The Morgan fingerprint density at radius 2 is 0.800 bits per heavy atom. The lowest BCUT2D eigenvalue weighted by molar-refractivity contribution is 1.07. The summed E-state index contributed by atoms with van der Waals surface area (Å²) >= 11 is 0. The van der Waals surface area contributed by atoms with Crippen LogP contribution in [0.1, 0.15) is 0 Å². The van der Waals surface area contributed by atoms with Crippen LogP contribution in [-0.4, -0.2) is 24.5 Å². The highest BCUT2D eigenvalue weighted by molar-refractivity contribution is 6.03. The van der Waals surface area contributed by atoms with Gasteiger partial charge in [-0.2, -0.15) is 0 Å². The molecule has 210 valence electrons. The molecule has 5 nitrogen and oxygen atoms in total. The van der Waals surface area contributed by atoms with Crippen LogP contribution in [0.4, 0.5) is 0 Å². The standard InChI is InChI=1S/C40H25N5/c1-3-12-26(13-4-1)37-42-38(27-14-5-2-6-15-27)44-39(43-37)28-22-24-29(25-23-28)40-41-34-20-11-19-33-31-17-8-7-16-30(31)32-18-9-10-21-35(32)45(40)36(33)34/h1-25H. The van der Waals surface area contributed by atoms with E-state index in [2.05, 4.69) is 95.6 Å². The van der Waals surface area contributed by atoms with Gasteiger partial charge in [0.25, 0.3) is 0 Å². The third kappa shape index (κ3) is 4.17. The van der Waals surface area contributed by atoms with Gasteiger partial charge in [0.2, 0.25) is 0 Å². The van der Waals surface area contributed by atoms with Crippen molar-refractivity contribution in [2.24, 2.45) is 0 Å². The Morgan fingerprint density at radius 1 is 0.333 bits per heavy atom. The second kappa shape index (κ2) is 10.2. The van der Waals surface area contributed by atoms with Crippen LogP contribution < -0.4 is 0 Å². The molecule has 3 heterocycles. The van der Waals surface area contributed by atoms with Gasteiger partial charge in [-0.1, -0.05) is 140 Å². The van der Waals surface area contributed by atoms with E-state index >= 15 is 0 Å². The fourth-order valence-electron chi connectivity index (χ4n) is 6.33. The number of hydrogen-bond donors (Lipinski definition) is 0. The fraction of sp³-hybridized carbons (Fsp3) is 0. The normalized spacial score (nSPS) is 11.6. The van der Waals surface area contributed by atoms with Crippen LogP contribution in [-0.2, 0) is 0 Å². The maximum atomic E-state index is 5.20. The molecule has 0 atom stereocenters. The first-order valence-electron chi connectivity index (χ1n) is 15.0. The maximum Gasteiger partial charge on any atom is 0.164 e. The zero-order chi connectivity index (χ0) is 29.7. The second-order valence-electron chi connectivity index (χ2n) is 11.1. The van der Waals surface area contributed by atoms with Gasteiger partial charge in [-0.05, 0) is 23.3 Å². The minimum atomic E-state index is 0.628. The van der Waals surface area contributed by atoms with Crippen LogP contribution in [0.15, 0.2) is 152 Å². The molecule has 1 aliphatic heterocycles. The lowest BCUT2D eigenvalue weighted by Crippen LogP contribution is -2.01. The van der Waals surface area contributed by atoms with E-state index in [-0.39, 0.29) is 0 Å². The highest BCUT2D eigenvalue weighted by Gasteiger charge is 2.25. The number of aromatic nitrogens is 5. The highest BCUT2D eigenvalue weighted by Crippen LogP contribution is 2.45. The summed E-state index contributed by atoms with van der Waals surface area (Å²) in [5.74, 6) is 2.82. The first-order valence-corrected chi connectivity index (χ1v) is 15.0. The molecule has 2 aromatic heterocycles. The van der Waals surface area contributed by atoms with E-state index in [1.165, 1.54) is 22.3 Å². The van der Waals surface area contributed by atoms with Crippen LogP contribution >= 0.6 is 0 Å². The van der Waals surface area contributed by atoms with Gasteiger partial charge in [-0.15, -0.1) is 0 Å². The number of benzene rings is 6. The van der Waals surface area contributed by atoms with Crippen molar-refractivity contribution in [3.63, 3.8) is 0 Å². The molecule has 0 bridgehead atoms. The van der Waals surface area contributed by atoms with E-state index in [4.69, 9.17) is 19.9 Å². The molecule has 1 aliphatic rings. The molecular weight excluding hydrogens is 550 g/mol. The Morgan fingerprint density at radius 3 is 1.42 bits per heavy atom. The Labute approximate surface area is 260 Å². The molecule has 6 aromatic carbocycles. The predicted octanol–water partition coefficient (Wildman–Crippen LogP) is 9.53. The molecule has 0 unspecified atom stereocenters. The molecule has 0 saturated heterocycles. The number of hydrogen-bond acceptors (Lipinski definition) is 4. The predicted molar refractivity (Wildman–Crippen MR) is 181 cm³/mol. The maximum absolute atomic E-state index is 5.20. The molecule has 0 radical (unpaired) electrons. The smallest absolute Gasteiger partial charge is 0.164 e. The van der Waals surface area contributed by atoms with E-state index in [1.807, 2.05) is 60.7 Å². The van der Waals surface area contributed by atoms with Crippen LogP contribution in [0, 0.1) is 0 Å². The summed E-state index contributed by atoms with van der Waals surface area (Å²) in [5, 5.41) is 0. The number of fused-ring (bicyclic) bond motifs is 5. The zero-order valence-corrected chi connectivity index (χ0v) is 24.2. The van der Waals surface area contributed by atoms with Gasteiger partial charge in [0.15, 0.2) is 17.5 Å². The molecule has 0 saturated carbocycles. The summed E-state index contributed by atoms with van der Waals surface area (Å²) in [6, 6.07) is 52.2. The molecule has 8 aromatic rings. The largest absolute Gasteiger partial charge is 0.291 e. The van der Waals surface area contributed by atoms with Crippen molar-refractivity contribution in [2.75, 3.05) is 0 Å². The summed E-state index contributed by atoms with van der Waals surface area (Å²) in [6.45, 7) is 0. The molecule has 45 heavy (non-hydrogen) atoms. The molecule has 0 amide bonds. The summed E-state index contributed by atoms with van der Waals surface area (Å²) in [4.78, 5) is 19.9. The van der Waals surface area contributed by atoms with Gasteiger partial charge < -0.3 is 0 Å². The highest BCUT2D eigenvalue weighted by atomic mass is 15.1. The summed E-state index contributed by atoms with van der Waals surface area (Å²) < 4.78 is 2.32. The zero-order valence-electron chi connectivity index (χ0n) is 24.2. The van der Waals surface area contributed by atoms with E-state index in [9.17, 15) is 0 Å². The number of para-hydroxylation sites is 2. The van der Waals surface area contributed by atoms with Gasteiger partial charge in [0.05, 0.1) is 16.7 Å². The molecule has 0 aliphatic carbocycles. The van der Waals surface area contributed by atoms with Gasteiger partial charge >= 0.3 is 0 Å². The topological polar surface area (TPSA) is 56.5 Å². The van der Waals surface area contributed by atoms with Gasteiger partial charge in [0, 0.05) is 33.4 Å². The monoisotopic (exact) mass is 575 g/mol. The number of rotatable bonds is 4. The van der Waals surface area contributed by atoms with E-state index in [0.717, 1.165) is 44.8 Å². The van der Waals surface area contributed by atoms with Gasteiger partial charge in [0.1, 0.15) is 5.82 Å². The summed E-state index contributed by atoms with van der Waals surface area (Å²) in [5.41, 5.74) is 11.8. The molecular formula is C40H25N5. The Bertz CT molecular complexity index is 2300. The third-order valence-corrected chi connectivity index (χ3v) is 8.43. The fourth-order valence-corrected chi connectivity index (χ4v) is 6.33. The van der Waals surface area contributed by atoms with Crippen molar-refractivity contribution in [3.8, 4) is 73.5 Å². The van der Waals surface area contributed by atoms with Crippen molar-refractivity contribution in [1.82, 2.24) is 24.5 Å². The SMILES string of the molecule is c1ccc(-c2nc(-c3ccccc3)nc(-c3ccc(-c4nc5cccc6c5n4-c4ccccc4-c4ccccc4-6)cc3)n2)cc1. The summed E-state index contributed by atoms with van der Waals surface area (Å²) in [7, 11) is 0. The number of nitrogens with zero attached hydrogens (tertiary/aromatic N) is 5. The first kappa shape index (κ1) is 25.3. The van der Waals surface area contributed by atoms with Crippen molar-refractivity contribution >= 4 is 11.0 Å². The van der Waals surface area contributed by atoms with Crippen LogP contribution in [0.25, 0.3) is 84.5 Å². The van der Waals surface area contributed by atoms with E-state index in [1.54, 1.807) is 0 Å². The molecule has 0 N–H and O–H groups in total. The lowest BCUT2D eigenvalue weighted by Gasteiger charge is -2.13. The van der Waals surface area contributed by atoms with Crippen LogP contribution in [0.3, 0.4) is 0 Å². The summed E-state index contributed by atoms with van der Waals surface area (Å²) in [6.07, 6.45) is 0. The number of imidazole rings is 1. The minimum absolute atomic E-state index is 0.628. The van der Waals surface area contributed by atoms with Crippen molar-refractivity contribution in [2.45, 2.75) is 0 Å². The van der Waals surface area contributed by atoms with Crippen molar-refractivity contribution in [3.05, 3.63) is 152 Å². The molecule has 0 fully saturated rings. The Hall–Kier alpha value is -6.20. The average molecular weight is 576 g/mol. The van der Waals surface area contributed by atoms with Crippen molar-refractivity contribution in [1.29, 1.82) is 0 Å². The lowest BCUT2D eigenvalue weighted by atomic mass is 9.94. The van der Waals surface area contributed by atoms with E-state index < -0.39 is 0 Å². The van der Waals surface area contributed by atoms with E-state index in [0.29, 0.717) is 17.5 Å². The van der Waals surface area contributed by atoms with Gasteiger partial charge in [-0.25, -0.2) is 19.9 Å². The quantitative estimate of drug-likeness (QED) is 0.210. The third-order valence-electron chi connectivity index (χ3n) is 8.43. The first-order chi connectivity index (χ1) is 22.3. The molecule has 9 rings (SSSR count). The van der Waals surface area contributed by atoms with Gasteiger partial charge in [-0.3, -0.25) is 4.57 Å². The molecule has 0 spiro atoms. The minimum Gasteiger partial charge on any atom is -0.291 e. The Balaban J connectivity index is 1.21. The average Bonchev–Trinajstić information content (AvgIpc) is 3.46. The van der Waals surface area contributed by atoms with Crippen LogP contribution in [0.2, 0.25) is 0 Å². The van der Waals surface area contributed by atoms with Crippen molar-refractivity contribution < 1.29 is 0 Å².